The SMILES string of the molecule is CN(C)C(=O)N1CCN(C(=O)NCc2ccc(C(F)(F)F)cc2)CC1. The summed E-state index contributed by atoms with van der Waals surface area (Å²) in [6.07, 6.45) is -4.37. The van der Waals surface area contributed by atoms with E-state index in [0.29, 0.717) is 31.7 Å². The van der Waals surface area contributed by atoms with Gasteiger partial charge in [-0.3, -0.25) is 0 Å². The molecule has 0 aromatic heterocycles. The number of nitrogens with one attached hydrogen (secondary N) is 1. The maximum absolute atomic E-state index is 12.5. The van der Waals surface area contributed by atoms with Crippen molar-refractivity contribution in [1.82, 2.24) is 20.0 Å². The van der Waals surface area contributed by atoms with Gasteiger partial charge in [-0.15, -0.1) is 0 Å². The predicted molar refractivity (Wildman–Crippen MR) is 85.9 cm³/mol. The molecule has 0 saturated carbocycles. The lowest BCUT2D eigenvalue weighted by Crippen LogP contribution is -2.54. The van der Waals surface area contributed by atoms with Gasteiger partial charge >= 0.3 is 18.2 Å². The summed E-state index contributed by atoms with van der Waals surface area (Å²) in [7, 11) is 3.34. The first-order valence-electron chi connectivity index (χ1n) is 7.83. The number of carbonyl (C=O) groups is 2. The van der Waals surface area contributed by atoms with Crippen LogP contribution in [-0.2, 0) is 12.7 Å². The molecule has 0 aliphatic carbocycles. The van der Waals surface area contributed by atoms with E-state index in [9.17, 15) is 22.8 Å². The first kappa shape index (κ1) is 18.9. The molecule has 1 heterocycles. The summed E-state index contributed by atoms with van der Waals surface area (Å²) in [4.78, 5) is 28.7. The number of urea groups is 2. The molecule has 0 radical (unpaired) electrons. The maximum atomic E-state index is 12.5. The Morgan fingerprint density at radius 1 is 1.04 bits per heavy atom. The predicted octanol–water partition coefficient (Wildman–Crippen LogP) is 2.21. The van der Waals surface area contributed by atoms with Crippen LogP contribution in [0.25, 0.3) is 0 Å². The van der Waals surface area contributed by atoms with E-state index < -0.39 is 11.7 Å². The van der Waals surface area contributed by atoms with Crippen molar-refractivity contribution in [3.8, 4) is 0 Å². The molecule has 0 bridgehead atoms. The zero-order valence-electron chi connectivity index (χ0n) is 14.1. The minimum Gasteiger partial charge on any atom is -0.334 e. The monoisotopic (exact) mass is 358 g/mol. The quantitative estimate of drug-likeness (QED) is 0.881. The molecule has 25 heavy (non-hydrogen) atoms. The van der Waals surface area contributed by atoms with Crippen LogP contribution in [0.2, 0.25) is 0 Å². The van der Waals surface area contributed by atoms with Gasteiger partial charge in [-0.1, -0.05) is 12.1 Å². The van der Waals surface area contributed by atoms with Gasteiger partial charge in [-0.05, 0) is 17.7 Å². The number of rotatable bonds is 2. The largest absolute Gasteiger partial charge is 0.416 e. The van der Waals surface area contributed by atoms with Gasteiger partial charge in [0.05, 0.1) is 5.56 Å². The Morgan fingerprint density at radius 3 is 2.04 bits per heavy atom. The highest BCUT2D eigenvalue weighted by molar-refractivity contribution is 5.76. The van der Waals surface area contributed by atoms with Crippen molar-refractivity contribution in [2.45, 2.75) is 12.7 Å². The molecular weight excluding hydrogens is 337 g/mol. The summed E-state index contributed by atoms with van der Waals surface area (Å²) in [5, 5.41) is 2.69. The molecule has 0 atom stereocenters. The van der Waals surface area contributed by atoms with Crippen molar-refractivity contribution in [2.75, 3.05) is 40.3 Å². The Hall–Kier alpha value is -2.45. The van der Waals surface area contributed by atoms with E-state index in [1.54, 1.807) is 23.9 Å². The average Bonchev–Trinajstić information content (AvgIpc) is 2.58. The van der Waals surface area contributed by atoms with E-state index in [1.165, 1.54) is 17.0 Å². The minimum absolute atomic E-state index is 0.0928. The summed E-state index contributed by atoms with van der Waals surface area (Å²) < 4.78 is 37.5. The van der Waals surface area contributed by atoms with Gasteiger partial charge in [0.1, 0.15) is 0 Å². The highest BCUT2D eigenvalue weighted by atomic mass is 19.4. The van der Waals surface area contributed by atoms with Gasteiger partial charge in [0, 0.05) is 46.8 Å². The maximum Gasteiger partial charge on any atom is 0.416 e. The lowest BCUT2D eigenvalue weighted by Gasteiger charge is -2.35. The van der Waals surface area contributed by atoms with Crippen molar-refractivity contribution in [3.05, 3.63) is 35.4 Å². The van der Waals surface area contributed by atoms with Crippen molar-refractivity contribution < 1.29 is 22.8 Å². The molecule has 1 aromatic rings. The highest BCUT2D eigenvalue weighted by Gasteiger charge is 2.30. The number of hydrogen-bond acceptors (Lipinski definition) is 2. The van der Waals surface area contributed by atoms with Crippen LogP contribution in [0, 0.1) is 0 Å². The summed E-state index contributed by atoms with van der Waals surface area (Å²) in [6, 6.07) is 4.29. The molecule has 0 spiro atoms. The normalized spacial score (nSPS) is 15.1. The summed E-state index contributed by atoms with van der Waals surface area (Å²) in [5.41, 5.74) is -0.132. The van der Waals surface area contributed by atoms with Crippen molar-refractivity contribution in [1.29, 1.82) is 0 Å². The van der Waals surface area contributed by atoms with E-state index in [-0.39, 0.29) is 18.6 Å². The third kappa shape index (κ3) is 5.01. The van der Waals surface area contributed by atoms with E-state index in [1.807, 2.05) is 0 Å². The van der Waals surface area contributed by atoms with Gasteiger partial charge in [0.15, 0.2) is 0 Å². The fourth-order valence-electron chi connectivity index (χ4n) is 2.48. The molecule has 138 valence electrons. The summed E-state index contributed by atoms with van der Waals surface area (Å²) in [5.74, 6) is 0. The summed E-state index contributed by atoms with van der Waals surface area (Å²) >= 11 is 0. The lowest BCUT2D eigenvalue weighted by molar-refractivity contribution is -0.137. The molecule has 2 rings (SSSR count). The van der Waals surface area contributed by atoms with E-state index in [2.05, 4.69) is 5.32 Å². The minimum atomic E-state index is -4.37. The van der Waals surface area contributed by atoms with Crippen LogP contribution < -0.4 is 5.32 Å². The number of alkyl halides is 3. The van der Waals surface area contributed by atoms with Crippen LogP contribution >= 0.6 is 0 Å². The van der Waals surface area contributed by atoms with Crippen molar-refractivity contribution in [3.63, 3.8) is 0 Å². The third-order valence-corrected chi connectivity index (χ3v) is 3.94. The molecule has 1 saturated heterocycles. The molecule has 9 heteroatoms. The van der Waals surface area contributed by atoms with Crippen LogP contribution in [0.5, 0.6) is 0 Å². The molecule has 1 fully saturated rings. The number of halogens is 3. The van der Waals surface area contributed by atoms with Crippen LogP contribution in [0.3, 0.4) is 0 Å². The molecule has 0 unspecified atom stereocenters. The third-order valence-electron chi connectivity index (χ3n) is 3.94. The number of nitrogens with zero attached hydrogens (tertiary/aromatic N) is 3. The van der Waals surface area contributed by atoms with Gasteiger partial charge in [0.25, 0.3) is 0 Å². The summed E-state index contributed by atoms with van der Waals surface area (Å²) in [6.45, 7) is 1.88. The average molecular weight is 358 g/mol. The Labute approximate surface area is 144 Å². The Balaban J connectivity index is 1.80. The van der Waals surface area contributed by atoms with Crippen molar-refractivity contribution >= 4 is 12.1 Å². The first-order valence-corrected chi connectivity index (χ1v) is 7.83. The smallest absolute Gasteiger partial charge is 0.334 e. The van der Waals surface area contributed by atoms with Gasteiger partial charge in [-0.2, -0.15) is 13.2 Å². The Kier molecular flexibility index (Phi) is 5.76. The van der Waals surface area contributed by atoms with Gasteiger partial charge in [0.2, 0.25) is 0 Å². The Morgan fingerprint density at radius 2 is 1.56 bits per heavy atom. The van der Waals surface area contributed by atoms with E-state index >= 15 is 0 Å². The second kappa shape index (κ2) is 7.62. The number of amides is 4. The molecular formula is C16H21F3N4O2. The van der Waals surface area contributed by atoms with Crippen molar-refractivity contribution in [2.24, 2.45) is 0 Å². The molecule has 1 N–H and O–H groups in total. The fourth-order valence-corrected chi connectivity index (χ4v) is 2.48. The topological polar surface area (TPSA) is 55.9 Å². The van der Waals surface area contributed by atoms with Gasteiger partial charge in [-0.25, -0.2) is 9.59 Å². The highest BCUT2D eigenvalue weighted by Crippen LogP contribution is 2.29. The molecule has 1 aromatic carbocycles. The lowest BCUT2D eigenvalue weighted by atomic mass is 10.1. The molecule has 6 nitrogen and oxygen atoms in total. The van der Waals surface area contributed by atoms with Crippen LogP contribution in [0.4, 0.5) is 22.8 Å². The zero-order valence-corrected chi connectivity index (χ0v) is 14.1. The first-order chi connectivity index (χ1) is 11.7. The number of carbonyl (C=O) groups excluding carboxylic acids is 2. The Bertz CT molecular complexity index is 609. The van der Waals surface area contributed by atoms with Gasteiger partial charge < -0.3 is 20.0 Å². The molecule has 1 aliphatic heterocycles. The van der Waals surface area contributed by atoms with Crippen LogP contribution in [0.15, 0.2) is 24.3 Å². The second-order valence-electron chi connectivity index (χ2n) is 6.00. The van der Waals surface area contributed by atoms with Crippen LogP contribution in [0.1, 0.15) is 11.1 Å². The number of hydrogen-bond donors (Lipinski definition) is 1. The number of piperazine rings is 1. The standard InChI is InChI=1S/C16H21F3N4O2/c1-21(2)15(25)23-9-7-22(8-10-23)14(24)20-11-12-3-5-13(6-4-12)16(17,18)19/h3-6H,7-11H2,1-2H3,(H,20,24). The van der Waals surface area contributed by atoms with Crippen LogP contribution in [-0.4, -0.2) is 67.0 Å². The molecule has 1 aliphatic rings. The van der Waals surface area contributed by atoms with E-state index in [4.69, 9.17) is 0 Å². The molecule has 4 amide bonds. The second-order valence-corrected chi connectivity index (χ2v) is 6.00. The van der Waals surface area contributed by atoms with E-state index in [0.717, 1.165) is 12.1 Å². The number of benzene rings is 1. The zero-order chi connectivity index (χ0) is 18.6. The fraction of sp³-hybridized carbons (Fsp3) is 0.500.